The van der Waals surface area contributed by atoms with Crippen molar-refractivity contribution in [3.05, 3.63) is 46.0 Å². The summed E-state index contributed by atoms with van der Waals surface area (Å²) < 4.78 is 1.78. The van der Waals surface area contributed by atoms with Crippen LogP contribution in [0.3, 0.4) is 0 Å². The standard InChI is InChI=1S/C13H16Cl2N4/c1-3-16-12(7-13-17-8-18-19(13)2)9-4-5-10(14)11(15)6-9/h4-6,8,12,16H,3,7H2,1-2H3. The highest BCUT2D eigenvalue weighted by Gasteiger charge is 2.15. The van der Waals surface area contributed by atoms with E-state index in [1.807, 2.05) is 25.2 Å². The lowest BCUT2D eigenvalue weighted by Crippen LogP contribution is -2.24. The average Bonchev–Trinajstić information content (AvgIpc) is 2.78. The molecule has 0 radical (unpaired) electrons. The highest BCUT2D eigenvalue weighted by Crippen LogP contribution is 2.26. The smallest absolute Gasteiger partial charge is 0.138 e. The molecule has 1 unspecified atom stereocenters. The maximum absolute atomic E-state index is 6.08. The minimum absolute atomic E-state index is 0.141. The molecule has 0 fully saturated rings. The molecule has 0 saturated heterocycles. The van der Waals surface area contributed by atoms with Crippen molar-refractivity contribution >= 4 is 23.2 Å². The molecule has 0 amide bonds. The van der Waals surface area contributed by atoms with Gasteiger partial charge in [-0.05, 0) is 24.2 Å². The van der Waals surface area contributed by atoms with Crippen LogP contribution in [0.4, 0.5) is 0 Å². The number of halogens is 2. The molecule has 102 valence electrons. The molecule has 0 aliphatic heterocycles. The van der Waals surface area contributed by atoms with Crippen molar-refractivity contribution in [2.24, 2.45) is 7.05 Å². The second-order valence-electron chi connectivity index (χ2n) is 4.29. The zero-order valence-electron chi connectivity index (χ0n) is 10.9. The Labute approximate surface area is 122 Å². The number of aromatic nitrogens is 3. The number of nitrogens with zero attached hydrogens (tertiary/aromatic N) is 3. The molecule has 0 aliphatic carbocycles. The van der Waals surface area contributed by atoms with Crippen molar-refractivity contribution in [1.29, 1.82) is 0 Å². The van der Waals surface area contributed by atoms with Gasteiger partial charge in [-0.15, -0.1) is 0 Å². The first-order valence-electron chi connectivity index (χ1n) is 6.13. The lowest BCUT2D eigenvalue weighted by molar-refractivity contribution is 0.522. The maximum atomic E-state index is 6.08. The van der Waals surface area contributed by atoms with Gasteiger partial charge in [0.1, 0.15) is 12.2 Å². The summed E-state index contributed by atoms with van der Waals surface area (Å²) in [5, 5.41) is 8.65. The van der Waals surface area contributed by atoms with E-state index < -0.39 is 0 Å². The van der Waals surface area contributed by atoms with Gasteiger partial charge in [0.05, 0.1) is 10.0 Å². The molecule has 1 aromatic heterocycles. The SMILES string of the molecule is CCNC(Cc1ncnn1C)c1ccc(Cl)c(Cl)c1. The van der Waals surface area contributed by atoms with Gasteiger partial charge in [0.15, 0.2) is 0 Å². The highest BCUT2D eigenvalue weighted by atomic mass is 35.5. The monoisotopic (exact) mass is 298 g/mol. The van der Waals surface area contributed by atoms with Crippen LogP contribution >= 0.6 is 23.2 Å². The molecule has 4 nitrogen and oxygen atoms in total. The number of aryl methyl sites for hydroxylation is 1. The molecule has 1 atom stereocenters. The molecule has 0 aliphatic rings. The van der Waals surface area contributed by atoms with E-state index in [4.69, 9.17) is 23.2 Å². The highest BCUT2D eigenvalue weighted by molar-refractivity contribution is 6.42. The first kappa shape index (κ1) is 14.3. The molecule has 0 saturated carbocycles. The summed E-state index contributed by atoms with van der Waals surface area (Å²) in [5.74, 6) is 0.928. The van der Waals surface area contributed by atoms with Crippen molar-refractivity contribution in [3.8, 4) is 0 Å². The molecule has 1 N–H and O–H groups in total. The quantitative estimate of drug-likeness (QED) is 0.923. The summed E-state index contributed by atoms with van der Waals surface area (Å²) in [6, 6.07) is 5.84. The van der Waals surface area contributed by atoms with E-state index in [-0.39, 0.29) is 6.04 Å². The van der Waals surface area contributed by atoms with Crippen LogP contribution < -0.4 is 5.32 Å². The van der Waals surface area contributed by atoms with Gasteiger partial charge in [0.2, 0.25) is 0 Å². The van der Waals surface area contributed by atoms with Crippen molar-refractivity contribution in [1.82, 2.24) is 20.1 Å². The molecule has 0 spiro atoms. The predicted molar refractivity (Wildman–Crippen MR) is 77.6 cm³/mol. The minimum Gasteiger partial charge on any atom is -0.310 e. The van der Waals surface area contributed by atoms with E-state index in [1.54, 1.807) is 11.0 Å². The van der Waals surface area contributed by atoms with Crippen molar-refractivity contribution < 1.29 is 0 Å². The number of likely N-dealkylation sites (N-methyl/N-ethyl adjacent to an activating group) is 1. The Hall–Kier alpha value is -1.10. The normalized spacial score (nSPS) is 12.6. The number of hydrogen-bond acceptors (Lipinski definition) is 3. The molecule has 1 heterocycles. The first-order chi connectivity index (χ1) is 9.11. The van der Waals surface area contributed by atoms with Gasteiger partial charge in [-0.25, -0.2) is 4.98 Å². The lowest BCUT2D eigenvalue weighted by atomic mass is 10.0. The fourth-order valence-corrected chi connectivity index (χ4v) is 2.28. The molecule has 2 rings (SSSR count). The molecular formula is C13H16Cl2N4. The van der Waals surface area contributed by atoms with Gasteiger partial charge in [-0.1, -0.05) is 36.2 Å². The summed E-state index contributed by atoms with van der Waals surface area (Å²) in [4.78, 5) is 4.26. The second kappa shape index (κ2) is 6.37. The Morgan fingerprint density at radius 1 is 1.32 bits per heavy atom. The van der Waals surface area contributed by atoms with Crippen LogP contribution in [0.5, 0.6) is 0 Å². The van der Waals surface area contributed by atoms with E-state index in [0.717, 1.165) is 24.4 Å². The van der Waals surface area contributed by atoms with E-state index in [2.05, 4.69) is 22.3 Å². The Bertz CT molecular complexity index is 553. The van der Waals surface area contributed by atoms with Crippen LogP contribution in [0.15, 0.2) is 24.5 Å². The Balaban J connectivity index is 2.24. The second-order valence-corrected chi connectivity index (χ2v) is 5.10. The maximum Gasteiger partial charge on any atom is 0.138 e. The van der Waals surface area contributed by atoms with Crippen molar-refractivity contribution in [3.63, 3.8) is 0 Å². The summed E-state index contributed by atoms with van der Waals surface area (Å²) in [7, 11) is 1.89. The predicted octanol–water partition coefficient (Wildman–Crippen LogP) is 3.02. The van der Waals surface area contributed by atoms with Crippen LogP contribution in [0, 0.1) is 0 Å². The van der Waals surface area contributed by atoms with Crippen LogP contribution in [-0.2, 0) is 13.5 Å². The number of nitrogens with one attached hydrogen (secondary N) is 1. The number of rotatable bonds is 5. The summed E-state index contributed by atoms with van der Waals surface area (Å²) in [5.41, 5.74) is 1.10. The third kappa shape index (κ3) is 3.47. The number of hydrogen-bond donors (Lipinski definition) is 1. The largest absolute Gasteiger partial charge is 0.310 e. The fourth-order valence-electron chi connectivity index (χ4n) is 1.97. The molecular weight excluding hydrogens is 283 g/mol. The van der Waals surface area contributed by atoms with Gasteiger partial charge >= 0.3 is 0 Å². The van der Waals surface area contributed by atoms with Crippen LogP contribution in [-0.4, -0.2) is 21.3 Å². The van der Waals surface area contributed by atoms with Crippen LogP contribution in [0.1, 0.15) is 24.4 Å². The van der Waals surface area contributed by atoms with Crippen LogP contribution in [0.25, 0.3) is 0 Å². The van der Waals surface area contributed by atoms with Gasteiger partial charge in [0.25, 0.3) is 0 Å². The van der Waals surface area contributed by atoms with E-state index in [9.17, 15) is 0 Å². The van der Waals surface area contributed by atoms with E-state index in [0.29, 0.717) is 10.0 Å². The zero-order chi connectivity index (χ0) is 13.8. The zero-order valence-corrected chi connectivity index (χ0v) is 12.4. The topological polar surface area (TPSA) is 42.7 Å². The third-order valence-corrected chi connectivity index (χ3v) is 3.73. The van der Waals surface area contributed by atoms with Gasteiger partial charge in [0, 0.05) is 19.5 Å². The Kier molecular flexibility index (Phi) is 4.80. The van der Waals surface area contributed by atoms with Crippen molar-refractivity contribution in [2.75, 3.05) is 6.54 Å². The van der Waals surface area contributed by atoms with Gasteiger partial charge < -0.3 is 5.32 Å². The molecule has 2 aromatic rings. The van der Waals surface area contributed by atoms with Gasteiger partial charge in [-0.3, -0.25) is 4.68 Å². The van der Waals surface area contributed by atoms with Crippen molar-refractivity contribution in [2.45, 2.75) is 19.4 Å². The lowest BCUT2D eigenvalue weighted by Gasteiger charge is -2.18. The van der Waals surface area contributed by atoms with Crippen LogP contribution in [0.2, 0.25) is 10.0 Å². The first-order valence-corrected chi connectivity index (χ1v) is 6.88. The van der Waals surface area contributed by atoms with E-state index >= 15 is 0 Å². The summed E-state index contributed by atoms with van der Waals surface area (Å²) in [6.45, 7) is 2.93. The number of benzene rings is 1. The molecule has 1 aromatic carbocycles. The minimum atomic E-state index is 0.141. The fraction of sp³-hybridized carbons (Fsp3) is 0.385. The van der Waals surface area contributed by atoms with E-state index in [1.165, 1.54) is 0 Å². The summed E-state index contributed by atoms with van der Waals surface area (Å²) >= 11 is 12.0. The molecule has 0 bridgehead atoms. The summed E-state index contributed by atoms with van der Waals surface area (Å²) in [6.07, 6.45) is 2.31. The van der Waals surface area contributed by atoms with Gasteiger partial charge in [-0.2, -0.15) is 5.10 Å². The Morgan fingerprint density at radius 2 is 2.11 bits per heavy atom. The Morgan fingerprint density at radius 3 is 2.68 bits per heavy atom. The third-order valence-electron chi connectivity index (χ3n) is 2.99. The molecule has 6 heteroatoms. The average molecular weight is 299 g/mol. The molecule has 19 heavy (non-hydrogen) atoms.